The van der Waals surface area contributed by atoms with Crippen molar-refractivity contribution in [2.75, 3.05) is 32.7 Å². The van der Waals surface area contributed by atoms with E-state index in [1.165, 1.54) is 4.90 Å². The highest BCUT2D eigenvalue weighted by molar-refractivity contribution is 5.94. The van der Waals surface area contributed by atoms with Gasteiger partial charge in [-0.05, 0) is 42.3 Å². The molecule has 4 nitrogen and oxygen atoms in total. The van der Waals surface area contributed by atoms with Crippen LogP contribution in [-0.2, 0) is 0 Å². The Morgan fingerprint density at radius 1 is 1.04 bits per heavy atom. The van der Waals surface area contributed by atoms with Crippen molar-refractivity contribution >= 4 is 5.91 Å². The van der Waals surface area contributed by atoms with Gasteiger partial charge in [-0.3, -0.25) is 14.7 Å². The third-order valence-electron chi connectivity index (χ3n) is 4.42. The SMILES string of the molecule is Cc1cc(-c2ccc(C(=O)N3CCN(CC(F)(F)F)CC3)cc2)ccn1. The van der Waals surface area contributed by atoms with Crippen molar-refractivity contribution < 1.29 is 18.0 Å². The van der Waals surface area contributed by atoms with E-state index in [4.69, 9.17) is 0 Å². The van der Waals surface area contributed by atoms with Crippen LogP contribution in [0.2, 0.25) is 0 Å². The maximum Gasteiger partial charge on any atom is 0.401 e. The third-order valence-corrected chi connectivity index (χ3v) is 4.42. The molecule has 0 spiro atoms. The molecule has 1 aliphatic rings. The highest BCUT2D eigenvalue weighted by atomic mass is 19.4. The Labute approximate surface area is 150 Å². The van der Waals surface area contributed by atoms with Crippen LogP contribution in [0.25, 0.3) is 11.1 Å². The average molecular weight is 363 g/mol. The summed E-state index contributed by atoms with van der Waals surface area (Å²) < 4.78 is 37.3. The van der Waals surface area contributed by atoms with Crippen LogP contribution in [0, 0.1) is 6.92 Å². The Morgan fingerprint density at radius 3 is 2.27 bits per heavy atom. The molecule has 3 rings (SSSR count). The van der Waals surface area contributed by atoms with E-state index in [0.29, 0.717) is 18.7 Å². The standard InChI is InChI=1S/C19H20F3N3O/c1-14-12-17(6-7-23-14)15-2-4-16(5-3-15)18(26)25-10-8-24(9-11-25)13-19(20,21)22/h2-7,12H,8-11,13H2,1H3. The fourth-order valence-corrected chi connectivity index (χ4v) is 3.08. The molecule has 7 heteroatoms. The lowest BCUT2D eigenvalue weighted by atomic mass is 10.0. The summed E-state index contributed by atoms with van der Waals surface area (Å²) in [7, 11) is 0. The molecule has 1 aliphatic heterocycles. The van der Waals surface area contributed by atoms with Crippen LogP contribution >= 0.6 is 0 Å². The van der Waals surface area contributed by atoms with Gasteiger partial charge in [-0.2, -0.15) is 13.2 Å². The smallest absolute Gasteiger partial charge is 0.336 e. The van der Waals surface area contributed by atoms with E-state index < -0.39 is 12.7 Å². The fourth-order valence-electron chi connectivity index (χ4n) is 3.08. The highest BCUT2D eigenvalue weighted by Crippen LogP contribution is 2.21. The first-order chi connectivity index (χ1) is 12.3. The fraction of sp³-hybridized carbons (Fsp3) is 0.368. The monoisotopic (exact) mass is 363 g/mol. The number of alkyl halides is 3. The molecule has 1 amide bonds. The predicted octanol–water partition coefficient (Wildman–Crippen LogP) is 3.38. The van der Waals surface area contributed by atoms with Crippen LogP contribution in [0.3, 0.4) is 0 Å². The number of hydrogen-bond donors (Lipinski definition) is 0. The van der Waals surface area contributed by atoms with Gasteiger partial charge < -0.3 is 4.90 Å². The van der Waals surface area contributed by atoms with Crippen molar-refractivity contribution in [1.29, 1.82) is 0 Å². The third kappa shape index (κ3) is 4.60. The van der Waals surface area contributed by atoms with Crippen LogP contribution in [0.1, 0.15) is 16.1 Å². The number of rotatable bonds is 3. The van der Waals surface area contributed by atoms with Crippen LogP contribution in [0.5, 0.6) is 0 Å². The second-order valence-corrected chi connectivity index (χ2v) is 6.45. The maximum absolute atomic E-state index is 12.6. The number of carbonyl (C=O) groups excluding carboxylic acids is 1. The summed E-state index contributed by atoms with van der Waals surface area (Å²) >= 11 is 0. The molecule has 1 aromatic heterocycles. The molecule has 0 unspecified atom stereocenters. The summed E-state index contributed by atoms with van der Waals surface area (Å²) in [4.78, 5) is 19.7. The Balaban J connectivity index is 1.62. The summed E-state index contributed by atoms with van der Waals surface area (Å²) in [5, 5.41) is 0. The number of pyridine rings is 1. The molecule has 1 saturated heterocycles. The molecule has 0 saturated carbocycles. The van der Waals surface area contributed by atoms with E-state index >= 15 is 0 Å². The number of hydrogen-bond acceptors (Lipinski definition) is 3. The lowest BCUT2D eigenvalue weighted by molar-refractivity contribution is -0.148. The van der Waals surface area contributed by atoms with E-state index in [9.17, 15) is 18.0 Å². The molecular formula is C19H20F3N3O. The van der Waals surface area contributed by atoms with Gasteiger partial charge in [0.1, 0.15) is 0 Å². The minimum absolute atomic E-state index is 0.144. The van der Waals surface area contributed by atoms with Crippen molar-refractivity contribution in [3.63, 3.8) is 0 Å². The normalized spacial score (nSPS) is 15.9. The van der Waals surface area contributed by atoms with Gasteiger partial charge in [-0.15, -0.1) is 0 Å². The lowest BCUT2D eigenvalue weighted by Gasteiger charge is -2.35. The first-order valence-electron chi connectivity index (χ1n) is 8.43. The van der Waals surface area contributed by atoms with Crippen LogP contribution in [0.15, 0.2) is 42.6 Å². The molecule has 2 aromatic rings. The van der Waals surface area contributed by atoms with E-state index in [2.05, 4.69) is 4.98 Å². The van der Waals surface area contributed by atoms with Crippen molar-refractivity contribution in [1.82, 2.24) is 14.8 Å². The van der Waals surface area contributed by atoms with Crippen molar-refractivity contribution in [3.8, 4) is 11.1 Å². The van der Waals surface area contributed by atoms with Gasteiger partial charge in [0, 0.05) is 43.6 Å². The van der Waals surface area contributed by atoms with E-state index in [1.54, 1.807) is 23.2 Å². The molecule has 0 atom stereocenters. The molecule has 0 radical (unpaired) electrons. The van der Waals surface area contributed by atoms with Crippen LogP contribution in [0.4, 0.5) is 13.2 Å². The summed E-state index contributed by atoms with van der Waals surface area (Å²) in [6.45, 7) is 2.08. The zero-order valence-electron chi connectivity index (χ0n) is 14.5. The molecule has 0 aliphatic carbocycles. The first-order valence-corrected chi connectivity index (χ1v) is 8.43. The maximum atomic E-state index is 12.6. The molecule has 1 fully saturated rings. The van der Waals surface area contributed by atoms with Crippen LogP contribution < -0.4 is 0 Å². The number of nitrogens with zero attached hydrogens (tertiary/aromatic N) is 3. The average Bonchev–Trinajstić information content (AvgIpc) is 2.61. The first kappa shape index (κ1) is 18.4. The Bertz CT molecular complexity index is 766. The Kier molecular flexibility index (Phi) is 5.27. The predicted molar refractivity (Wildman–Crippen MR) is 92.8 cm³/mol. The zero-order valence-corrected chi connectivity index (χ0v) is 14.5. The highest BCUT2D eigenvalue weighted by Gasteiger charge is 2.32. The number of benzene rings is 1. The van der Waals surface area contributed by atoms with E-state index in [1.807, 2.05) is 31.2 Å². The number of piperazine rings is 1. The topological polar surface area (TPSA) is 36.4 Å². The van der Waals surface area contributed by atoms with Gasteiger partial charge in [0.05, 0.1) is 6.54 Å². The summed E-state index contributed by atoms with van der Waals surface area (Å²) in [5.41, 5.74) is 3.47. The largest absolute Gasteiger partial charge is 0.401 e. The molecule has 1 aromatic carbocycles. The molecule has 2 heterocycles. The molecule has 138 valence electrons. The van der Waals surface area contributed by atoms with Gasteiger partial charge in [0.15, 0.2) is 0 Å². The minimum atomic E-state index is -4.20. The summed E-state index contributed by atoms with van der Waals surface area (Å²) in [6, 6.07) is 11.1. The number of amides is 1. The van der Waals surface area contributed by atoms with E-state index in [0.717, 1.165) is 16.8 Å². The van der Waals surface area contributed by atoms with Gasteiger partial charge in [0.25, 0.3) is 5.91 Å². The van der Waals surface area contributed by atoms with Crippen molar-refractivity contribution in [3.05, 3.63) is 53.9 Å². The second-order valence-electron chi connectivity index (χ2n) is 6.45. The molecule has 0 N–H and O–H groups in total. The van der Waals surface area contributed by atoms with Gasteiger partial charge >= 0.3 is 6.18 Å². The molecule has 0 bridgehead atoms. The molecule has 26 heavy (non-hydrogen) atoms. The zero-order chi connectivity index (χ0) is 18.7. The summed E-state index contributed by atoms with van der Waals surface area (Å²) in [5.74, 6) is -0.144. The Morgan fingerprint density at radius 2 is 1.69 bits per heavy atom. The number of aryl methyl sites for hydroxylation is 1. The minimum Gasteiger partial charge on any atom is -0.336 e. The van der Waals surface area contributed by atoms with Gasteiger partial charge in [-0.1, -0.05) is 12.1 Å². The quantitative estimate of drug-likeness (QED) is 0.839. The summed E-state index contributed by atoms with van der Waals surface area (Å²) in [6.07, 6.45) is -2.46. The van der Waals surface area contributed by atoms with Gasteiger partial charge in [0.2, 0.25) is 0 Å². The Hall–Kier alpha value is -2.41. The van der Waals surface area contributed by atoms with Gasteiger partial charge in [-0.25, -0.2) is 0 Å². The number of aromatic nitrogens is 1. The van der Waals surface area contributed by atoms with Crippen molar-refractivity contribution in [2.24, 2.45) is 0 Å². The number of halogens is 3. The molecular weight excluding hydrogens is 343 g/mol. The van der Waals surface area contributed by atoms with Crippen LogP contribution in [-0.4, -0.2) is 59.6 Å². The van der Waals surface area contributed by atoms with E-state index in [-0.39, 0.29) is 19.0 Å². The van der Waals surface area contributed by atoms with Crippen molar-refractivity contribution in [2.45, 2.75) is 13.1 Å². The lowest BCUT2D eigenvalue weighted by Crippen LogP contribution is -2.50. The number of carbonyl (C=O) groups is 1. The second kappa shape index (κ2) is 7.45.